The molecular formula is C24H32FN3O3. The fourth-order valence-corrected chi connectivity index (χ4v) is 4.90. The van der Waals surface area contributed by atoms with Gasteiger partial charge in [-0.15, -0.1) is 0 Å². The minimum Gasteiger partial charge on any atom is -0.368 e. The first kappa shape index (κ1) is 21.8. The second kappa shape index (κ2) is 9.37. The summed E-state index contributed by atoms with van der Waals surface area (Å²) in [6.07, 6.45) is 7.12. The monoisotopic (exact) mass is 429 g/mol. The van der Waals surface area contributed by atoms with Crippen molar-refractivity contribution in [3.8, 4) is 0 Å². The molecule has 6 nitrogen and oxygen atoms in total. The third-order valence-electron chi connectivity index (χ3n) is 6.93. The zero-order valence-electron chi connectivity index (χ0n) is 18.2. The number of nitrogens with one attached hydrogen (secondary N) is 1. The SMILES string of the molecule is CC(=O)[C@H](NC(=O)c1ccc(N2CCN(C(=O)C3CC3)CC2)cc1F)C1CCCCC1. The molecule has 4 rings (SSSR count). The van der Waals surface area contributed by atoms with Crippen LogP contribution in [0.3, 0.4) is 0 Å². The zero-order valence-corrected chi connectivity index (χ0v) is 18.2. The molecule has 0 bridgehead atoms. The van der Waals surface area contributed by atoms with E-state index < -0.39 is 17.8 Å². The molecule has 0 aromatic heterocycles. The van der Waals surface area contributed by atoms with Gasteiger partial charge in [0.1, 0.15) is 5.82 Å². The van der Waals surface area contributed by atoms with Crippen LogP contribution in [-0.2, 0) is 9.59 Å². The summed E-state index contributed by atoms with van der Waals surface area (Å²) >= 11 is 0. The lowest BCUT2D eigenvalue weighted by Gasteiger charge is -2.36. The van der Waals surface area contributed by atoms with Gasteiger partial charge in [0.05, 0.1) is 11.6 Å². The Labute approximate surface area is 183 Å². The van der Waals surface area contributed by atoms with Gasteiger partial charge in [0.25, 0.3) is 5.91 Å². The van der Waals surface area contributed by atoms with Crippen LogP contribution in [0.25, 0.3) is 0 Å². The van der Waals surface area contributed by atoms with Crippen molar-refractivity contribution in [1.29, 1.82) is 0 Å². The molecule has 168 valence electrons. The molecule has 2 aliphatic carbocycles. The Hall–Kier alpha value is -2.44. The van der Waals surface area contributed by atoms with E-state index >= 15 is 0 Å². The number of carbonyl (C=O) groups is 3. The normalized spacial score (nSPS) is 21.0. The third kappa shape index (κ3) is 5.08. The van der Waals surface area contributed by atoms with Crippen LogP contribution in [0.1, 0.15) is 62.2 Å². The standard InChI is InChI=1S/C24H32FN3O3/c1-16(29)22(17-5-3-2-4-6-17)26-23(30)20-10-9-19(15-21(20)25)27-11-13-28(14-12-27)24(31)18-7-8-18/h9-10,15,17-18,22H,2-8,11-14H2,1H3,(H,26,30)/t22-/m0/s1. The molecule has 3 fully saturated rings. The van der Waals surface area contributed by atoms with Crippen LogP contribution in [0.5, 0.6) is 0 Å². The summed E-state index contributed by atoms with van der Waals surface area (Å²) in [5.41, 5.74) is 0.677. The first-order valence-corrected chi connectivity index (χ1v) is 11.6. The topological polar surface area (TPSA) is 69.7 Å². The smallest absolute Gasteiger partial charge is 0.254 e. The van der Waals surface area contributed by atoms with Gasteiger partial charge in [-0.25, -0.2) is 4.39 Å². The van der Waals surface area contributed by atoms with Gasteiger partial charge in [-0.05, 0) is 56.7 Å². The van der Waals surface area contributed by atoms with Gasteiger partial charge in [-0.3, -0.25) is 14.4 Å². The number of carbonyl (C=O) groups excluding carboxylic acids is 3. The Bertz CT molecular complexity index is 840. The van der Waals surface area contributed by atoms with Crippen LogP contribution < -0.4 is 10.2 Å². The van der Waals surface area contributed by atoms with Crippen LogP contribution in [0.15, 0.2) is 18.2 Å². The third-order valence-corrected chi connectivity index (χ3v) is 6.93. The number of piperazine rings is 1. The van der Waals surface area contributed by atoms with E-state index in [1.807, 2.05) is 9.80 Å². The molecule has 0 unspecified atom stereocenters. The van der Waals surface area contributed by atoms with Gasteiger partial charge in [0.2, 0.25) is 5.91 Å². The lowest BCUT2D eigenvalue weighted by molar-refractivity contribution is -0.132. The van der Waals surface area contributed by atoms with E-state index in [0.717, 1.165) is 44.9 Å². The molecule has 1 heterocycles. The lowest BCUT2D eigenvalue weighted by Crippen LogP contribution is -2.49. The Morgan fingerprint density at radius 2 is 1.68 bits per heavy atom. The van der Waals surface area contributed by atoms with Gasteiger partial charge in [0.15, 0.2) is 5.78 Å². The molecular weight excluding hydrogens is 397 g/mol. The minimum atomic E-state index is -0.586. The molecule has 0 radical (unpaired) electrons. The highest BCUT2D eigenvalue weighted by Crippen LogP contribution is 2.32. The van der Waals surface area contributed by atoms with Crippen molar-refractivity contribution < 1.29 is 18.8 Å². The van der Waals surface area contributed by atoms with E-state index in [9.17, 15) is 18.8 Å². The van der Waals surface area contributed by atoms with Crippen molar-refractivity contribution in [1.82, 2.24) is 10.2 Å². The van der Waals surface area contributed by atoms with Gasteiger partial charge in [0, 0.05) is 37.8 Å². The van der Waals surface area contributed by atoms with Crippen molar-refractivity contribution in [3.05, 3.63) is 29.6 Å². The molecule has 1 aromatic rings. The van der Waals surface area contributed by atoms with Crippen LogP contribution in [-0.4, -0.2) is 54.7 Å². The van der Waals surface area contributed by atoms with Crippen LogP contribution in [0.2, 0.25) is 0 Å². The summed E-state index contributed by atoms with van der Waals surface area (Å²) in [6.45, 7) is 4.07. The number of hydrogen-bond acceptors (Lipinski definition) is 4. The minimum absolute atomic E-state index is 0.0339. The Balaban J connectivity index is 1.38. The average molecular weight is 430 g/mol. The summed E-state index contributed by atoms with van der Waals surface area (Å²) in [5, 5.41) is 2.79. The average Bonchev–Trinajstić information content (AvgIpc) is 3.63. The molecule has 1 N–H and O–H groups in total. The number of amides is 2. The Morgan fingerprint density at radius 3 is 2.26 bits per heavy atom. The van der Waals surface area contributed by atoms with Gasteiger partial charge < -0.3 is 15.1 Å². The quantitative estimate of drug-likeness (QED) is 0.754. The van der Waals surface area contributed by atoms with Crippen molar-refractivity contribution in [2.75, 3.05) is 31.1 Å². The van der Waals surface area contributed by atoms with E-state index in [4.69, 9.17) is 0 Å². The molecule has 0 spiro atoms. The summed E-state index contributed by atoms with van der Waals surface area (Å²) in [4.78, 5) is 41.0. The molecule has 3 aliphatic rings. The summed E-state index contributed by atoms with van der Waals surface area (Å²) in [6, 6.07) is 4.08. The summed E-state index contributed by atoms with van der Waals surface area (Å²) < 4.78 is 14.8. The number of anilines is 1. The Morgan fingerprint density at radius 1 is 1.00 bits per heavy atom. The first-order valence-electron chi connectivity index (χ1n) is 11.6. The number of nitrogens with zero attached hydrogens (tertiary/aromatic N) is 2. The van der Waals surface area contributed by atoms with E-state index in [-0.39, 0.29) is 29.1 Å². The summed E-state index contributed by atoms with van der Waals surface area (Å²) in [5.74, 6) is -0.597. The van der Waals surface area contributed by atoms with Crippen LogP contribution in [0.4, 0.5) is 10.1 Å². The fraction of sp³-hybridized carbons (Fsp3) is 0.625. The lowest BCUT2D eigenvalue weighted by atomic mass is 9.82. The number of hydrogen-bond donors (Lipinski definition) is 1. The van der Waals surface area contributed by atoms with E-state index in [2.05, 4.69) is 5.32 Å². The number of ketones is 1. The maximum absolute atomic E-state index is 14.8. The summed E-state index contributed by atoms with van der Waals surface area (Å²) in [7, 11) is 0. The second-order valence-corrected chi connectivity index (χ2v) is 9.21. The van der Waals surface area contributed by atoms with Crippen molar-refractivity contribution in [2.45, 2.75) is 57.9 Å². The van der Waals surface area contributed by atoms with Crippen molar-refractivity contribution in [2.24, 2.45) is 11.8 Å². The maximum Gasteiger partial charge on any atom is 0.254 e. The van der Waals surface area contributed by atoms with Crippen LogP contribution in [0, 0.1) is 17.7 Å². The van der Waals surface area contributed by atoms with Crippen LogP contribution >= 0.6 is 0 Å². The predicted octanol–water partition coefficient (Wildman–Crippen LogP) is 3.15. The number of benzene rings is 1. The molecule has 31 heavy (non-hydrogen) atoms. The largest absolute Gasteiger partial charge is 0.368 e. The second-order valence-electron chi connectivity index (χ2n) is 9.21. The van der Waals surface area contributed by atoms with Gasteiger partial charge in [-0.2, -0.15) is 0 Å². The van der Waals surface area contributed by atoms with Crippen molar-refractivity contribution in [3.63, 3.8) is 0 Å². The highest BCUT2D eigenvalue weighted by Gasteiger charge is 2.35. The zero-order chi connectivity index (χ0) is 22.0. The predicted molar refractivity (Wildman–Crippen MR) is 116 cm³/mol. The molecule has 7 heteroatoms. The highest BCUT2D eigenvalue weighted by molar-refractivity contribution is 5.98. The van der Waals surface area contributed by atoms with E-state index in [0.29, 0.717) is 31.9 Å². The number of rotatable bonds is 6. The van der Waals surface area contributed by atoms with Crippen molar-refractivity contribution >= 4 is 23.3 Å². The van der Waals surface area contributed by atoms with Gasteiger partial charge in [-0.1, -0.05) is 19.3 Å². The van der Waals surface area contributed by atoms with E-state index in [1.165, 1.54) is 19.1 Å². The van der Waals surface area contributed by atoms with Gasteiger partial charge >= 0.3 is 0 Å². The first-order chi connectivity index (χ1) is 14.9. The maximum atomic E-state index is 14.8. The number of Topliss-reactive ketones (excluding diaryl/α,β-unsaturated/α-hetero) is 1. The molecule has 1 aromatic carbocycles. The fourth-order valence-electron chi connectivity index (χ4n) is 4.90. The van der Waals surface area contributed by atoms with E-state index in [1.54, 1.807) is 6.07 Å². The Kier molecular flexibility index (Phi) is 6.58. The highest BCUT2D eigenvalue weighted by atomic mass is 19.1. The number of halogens is 1. The molecule has 2 saturated carbocycles. The molecule has 1 aliphatic heterocycles. The molecule has 1 atom stereocenters. The molecule has 1 saturated heterocycles. The molecule has 2 amide bonds.